The second-order valence-electron chi connectivity index (χ2n) is 6.34. The summed E-state index contributed by atoms with van der Waals surface area (Å²) in [6, 6.07) is 8.18. The van der Waals surface area contributed by atoms with E-state index in [4.69, 9.17) is 4.74 Å². The Labute approximate surface area is 143 Å². The van der Waals surface area contributed by atoms with Gasteiger partial charge in [0.1, 0.15) is 5.52 Å². The van der Waals surface area contributed by atoms with Crippen molar-refractivity contribution < 1.29 is 4.74 Å². The van der Waals surface area contributed by atoms with Gasteiger partial charge in [-0.25, -0.2) is 14.2 Å². The van der Waals surface area contributed by atoms with Gasteiger partial charge >= 0.3 is 0 Å². The summed E-state index contributed by atoms with van der Waals surface area (Å²) in [5.74, 6) is 1.19. The SMILES string of the molecule is Cn1nnc2ccc(-c3ccn4nc(NCC5COC5)ncc34)cc21. The topological polar surface area (TPSA) is 82.2 Å². The van der Waals surface area contributed by atoms with Crippen molar-refractivity contribution in [1.82, 2.24) is 29.6 Å². The molecule has 0 radical (unpaired) electrons. The monoisotopic (exact) mass is 335 g/mol. The van der Waals surface area contributed by atoms with E-state index in [2.05, 4.69) is 43.9 Å². The van der Waals surface area contributed by atoms with Crippen LogP contribution in [-0.2, 0) is 11.8 Å². The lowest BCUT2D eigenvalue weighted by Gasteiger charge is -2.25. The Morgan fingerprint density at radius 1 is 1.24 bits per heavy atom. The lowest BCUT2D eigenvalue weighted by atomic mass is 10.1. The molecule has 3 aromatic heterocycles. The predicted molar refractivity (Wildman–Crippen MR) is 93.3 cm³/mol. The lowest BCUT2D eigenvalue weighted by molar-refractivity contribution is -0.0249. The van der Waals surface area contributed by atoms with Crippen molar-refractivity contribution in [3.8, 4) is 11.1 Å². The minimum absolute atomic E-state index is 0.554. The minimum atomic E-state index is 0.554. The molecule has 5 rings (SSSR count). The molecule has 0 bridgehead atoms. The fraction of sp³-hybridized carbons (Fsp3) is 0.294. The maximum Gasteiger partial charge on any atom is 0.241 e. The van der Waals surface area contributed by atoms with Crippen molar-refractivity contribution in [3.63, 3.8) is 0 Å². The second kappa shape index (κ2) is 5.52. The molecule has 0 spiro atoms. The average Bonchev–Trinajstić information content (AvgIpc) is 3.17. The van der Waals surface area contributed by atoms with Gasteiger partial charge in [0.05, 0.1) is 30.4 Å². The minimum Gasteiger partial charge on any atom is -0.381 e. The van der Waals surface area contributed by atoms with Gasteiger partial charge < -0.3 is 10.1 Å². The van der Waals surface area contributed by atoms with E-state index in [0.717, 1.165) is 47.4 Å². The van der Waals surface area contributed by atoms with Gasteiger partial charge in [-0.05, 0) is 23.8 Å². The van der Waals surface area contributed by atoms with Crippen molar-refractivity contribution in [2.24, 2.45) is 13.0 Å². The normalized spacial score (nSPS) is 14.9. The summed E-state index contributed by atoms with van der Waals surface area (Å²) in [6.07, 6.45) is 3.81. The third-order valence-corrected chi connectivity index (χ3v) is 4.59. The molecule has 1 fully saturated rings. The van der Waals surface area contributed by atoms with Gasteiger partial charge in [-0.1, -0.05) is 11.3 Å². The van der Waals surface area contributed by atoms with Gasteiger partial charge in [-0.15, -0.1) is 10.2 Å². The molecule has 4 heterocycles. The molecule has 0 unspecified atom stereocenters. The number of anilines is 1. The van der Waals surface area contributed by atoms with E-state index < -0.39 is 0 Å². The standard InChI is InChI=1S/C17H17N7O/c1-23-15-6-12(2-3-14(15)20-22-23)13-4-5-24-16(13)8-19-17(21-24)18-7-11-9-25-10-11/h2-6,8,11H,7,9-10H2,1H3,(H,18,21). The van der Waals surface area contributed by atoms with Crippen molar-refractivity contribution in [3.05, 3.63) is 36.7 Å². The third-order valence-electron chi connectivity index (χ3n) is 4.59. The fourth-order valence-corrected chi connectivity index (χ4v) is 3.06. The van der Waals surface area contributed by atoms with Crippen LogP contribution in [0.4, 0.5) is 5.95 Å². The van der Waals surface area contributed by atoms with E-state index in [9.17, 15) is 0 Å². The number of fused-ring (bicyclic) bond motifs is 2. The first-order chi connectivity index (χ1) is 12.3. The number of aryl methyl sites for hydroxylation is 1. The van der Waals surface area contributed by atoms with Crippen LogP contribution >= 0.6 is 0 Å². The van der Waals surface area contributed by atoms with Crippen molar-refractivity contribution in [2.75, 3.05) is 25.1 Å². The predicted octanol–water partition coefficient (Wildman–Crippen LogP) is 1.74. The number of ether oxygens (including phenoxy) is 1. The molecule has 1 aliphatic rings. The first-order valence-electron chi connectivity index (χ1n) is 8.24. The number of nitrogens with zero attached hydrogens (tertiary/aromatic N) is 6. The quantitative estimate of drug-likeness (QED) is 0.612. The zero-order valence-corrected chi connectivity index (χ0v) is 13.8. The summed E-state index contributed by atoms with van der Waals surface area (Å²) in [4.78, 5) is 4.45. The maximum atomic E-state index is 5.18. The zero-order valence-electron chi connectivity index (χ0n) is 13.8. The molecule has 25 heavy (non-hydrogen) atoms. The number of hydrogen-bond donors (Lipinski definition) is 1. The van der Waals surface area contributed by atoms with Crippen LogP contribution in [0.25, 0.3) is 27.7 Å². The summed E-state index contributed by atoms with van der Waals surface area (Å²) in [7, 11) is 1.89. The lowest BCUT2D eigenvalue weighted by Crippen LogP contribution is -2.33. The number of nitrogens with one attached hydrogen (secondary N) is 1. The summed E-state index contributed by atoms with van der Waals surface area (Å²) in [5.41, 5.74) is 5.03. The number of aromatic nitrogens is 6. The Balaban J connectivity index is 1.49. The molecule has 8 nitrogen and oxygen atoms in total. The average molecular weight is 335 g/mol. The first kappa shape index (κ1) is 14.4. The summed E-state index contributed by atoms with van der Waals surface area (Å²) in [5, 5.41) is 16.0. The molecule has 1 N–H and O–H groups in total. The maximum absolute atomic E-state index is 5.18. The van der Waals surface area contributed by atoms with Gasteiger partial charge in [0.25, 0.3) is 0 Å². The number of benzene rings is 1. The third kappa shape index (κ3) is 2.42. The molecule has 1 aromatic carbocycles. The van der Waals surface area contributed by atoms with Gasteiger partial charge in [0, 0.05) is 31.3 Å². The van der Waals surface area contributed by atoms with Crippen LogP contribution < -0.4 is 5.32 Å². The Hall–Kier alpha value is -3.00. The fourth-order valence-electron chi connectivity index (χ4n) is 3.06. The van der Waals surface area contributed by atoms with Gasteiger partial charge in [0.15, 0.2) is 0 Å². The van der Waals surface area contributed by atoms with Crippen LogP contribution in [0.3, 0.4) is 0 Å². The van der Waals surface area contributed by atoms with Crippen LogP contribution in [-0.4, -0.2) is 49.4 Å². The summed E-state index contributed by atoms with van der Waals surface area (Å²) >= 11 is 0. The molecule has 0 aliphatic carbocycles. The van der Waals surface area contributed by atoms with Gasteiger partial charge in [-0.2, -0.15) is 0 Å². The molecular weight excluding hydrogens is 318 g/mol. The van der Waals surface area contributed by atoms with E-state index in [0.29, 0.717) is 11.9 Å². The van der Waals surface area contributed by atoms with E-state index in [1.165, 1.54) is 0 Å². The van der Waals surface area contributed by atoms with Crippen LogP contribution in [0.15, 0.2) is 36.7 Å². The first-order valence-corrected chi connectivity index (χ1v) is 8.24. The zero-order chi connectivity index (χ0) is 16.8. The smallest absolute Gasteiger partial charge is 0.241 e. The number of hydrogen-bond acceptors (Lipinski definition) is 6. The molecule has 0 saturated carbocycles. The molecule has 8 heteroatoms. The summed E-state index contributed by atoms with van der Waals surface area (Å²) in [6.45, 7) is 2.46. The molecule has 1 aliphatic heterocycles. The van der Waals surface area contributed by atoms with E-state index in [1.807, 2.05) is 30.0 Å². The number of rotatable bonds is 4. The Morgan fingerprint density at radius 2 is 2.16 bits per heavy atom. The highest BCUT2D eigenvalue weighted by atomic mass is 16.5. The highest BCUT2D eigenvalue weighted by Crippen LogP contribution is 2.27. The Kier molecular flexibility index (Phi) is 3.17. The van der Waals surface area contributed by atoms with E-state index in [-0.39, 0.29) is 0 Å². The van der Waals surface area contributed by atoms with Crippen LogP contribution in [0.5, 0.6) is 0 Å². The van der Waals surface area contributed by atoms with E-state index >= 15 is 0 Å². The molecule has 126 valence electrons. The molecule has 4 aromatic rings. The van der Waals surface area contributed by atoms with E-state index in [1.54, 1.807) is 4.68 Å². The Bertz CT molecular complexity index is 1060. The molecule has 1 saturated heterocycles. The van der Waals surface area contributed by atoms with Crippen LogP contribution in [0.1, 0.15) is 0 Å². The molecule has 0 atom stereocenters. The molecule has 0 amide bonds. The second-order valence-corrected chi connectivity index (χ2v) is 6.34. The highest BCUT2D eigenvalue weighted by molar-refractivity contribution is 5.87. The van der Waals surface area contributed by atoms with Gasteiger partial charge in [-0.3, -0.25) is 0 Å². The summed E-state index contributed by atoms with van der Waals surface area (Å²) < 4.78 is 8.81. The van der Waals surface area contributed by atoms with Gasteiger partial charge in [0.2, 0.25) is 5.95 Å². The Morgan fingerprint density at radius 3 is 3.00 bits per heavy atom. The van der Waals surface area contributed by atoms with Crippen molar-refractivity contribution >= 4 is 22.5 Å². The van der Waals surface area contributed by atoms with Crippen molar-refractivity contribution in [2.45, 2.75) is 0 Å². The van der Waals surface area contributed by atoms with Crippen LogP contribution in [0.2, 0.25) is 0 Å². The largest absolute Gasteiger partial charge is 0.381 e. The molecular formula is C17H17N7O. The highest BCUT2D eigenvalue weighted by Gasteiger charge is 2.18. The van der Waals surface area contributed by atoms with Crippen molar-refractivity contribution in [1.29, 1.82) is 0 Å². The van der Waals surface area contributed by atoms with Crippen LogP contribution in [0, 0.1) is 5.92 Å².